The lowest BCUT2D eigenvalue weighted by molar-refractivity contribution is -0.0837. The maximum atomic E-state index is 14.1. The van der Waals surface area contributed by atoms with Crippen molar-refractivity contribution in [2.45, 2.75) is 10.9 Å². The number of nitrogens with zero attached hydrogens (tertiary/aromatic N) is 1. The van der Waals surface area contributed by atoms with Crippen LogP contribution in [0.3, 0.4) is 0 Å². The van der Waals surface area contributed by atoms with Gasteiger partial charge >= 0.3 is 6.18 Å². The van der Waals surface area contributed by atoms with Crippen molar-refractivity contribution in [1.82, 2.24) is 0 Å². The van der Waals surface area contributed by atoms with Crippen LogP contribution in [0.5, 0.6) is 5.75 Å². The van der Waals surface area contributed by atoms with E-state index in [1.165, 1.54) is 18.9 Å². The van der Waals surface area contributed by atoms with Crippen LogP contribution < -0.4 is 9.64 Å². The number of anilines is 1. The largest absolute Gasteiger partial charge is 0.495 e. The average molecular weight is 363 g/mol. The van der Waals surface area contributed by atoms with Crippen LogP contribution in [0.25, 0.3) is 0 Å². The third kappa shape index (κ3) is 2.97. The number of hydrogen-bond acceptors (Lipinski definition) is 3. The topological polar surface area (TPSA) is 12.5 Å². The first-order valence-electron chi connectivity index (χ1n) is 6.61. The molecule has 0 fully saturated rings. The fourth-order valence-electron chi connectivity index (χ4n) is 2.42. The molecule has 0 aliphatic carbocycles. The first-order valence-corrected chi connectivity index (χ1v) is 8.96. The maximum Gasteiger partial charge on any atom is 0.421 e. The monoisotopic (exact) mass is 363 g/mol. The number of ether oxygens (including phenoxy) is 1. The average Bonchev–Trinajstić information content (AvgIpc) is 3.12. The normalized spacial score (nSPS) is 25.5. The Hall–Kier alpha value is -1.54. The maximum absolute atomic E-state index is 14.1. The zero-order valence-corrected chi connectivity index (χ0v) is 13.6. The second-order valence-electron chi connectivity index (χ2n) is 4.74. The van der Waals surface area contributed by atoms with Gasteiger partial charge in [-0.15, -0.1) is 10.9 Å². The summed E-state index contributed by atoms with van der Waals surface area (Å²) in [5.74, 6) is 0.528. The molecule has 2 aliphatic heterocycles. The molecule has 0 spiro atoms. The van der Waals surface area contributed by atoms with Crippen molar-refractivity contribution in [3.63, 3.8) is 0 Å². The molecule has 0 bridgehead atoms. The lowest BCUT2D eigenvalue weighted by Crippen LogP contribution is -2.27. The number of allylic oxidation sites excluding steroid dienone is 3. The number of halogens is 4. The molecule has 0 amide bonds. The molecule has 0 aromatic heterocycles. The van der Waals surface area contributed by atoms with E-state index in [4.69, 9.17) is 4.74 Å². The van der Waals surface area contributed by atoms with Crippen LogP contribution in [0.4, 0.5) is 23.2 Å². The summed E-state index contributed by atoms with van der Waals surface area (Å²) in [6.07, 6.45) is -1.10. The Morgan fingerprint density at radius 2 is 1.96 bits per heavy atom. The predicted molar refractivity (Wildman–Crippen MR) is 88.3 cm³/mol. The Labute approximate surface area is 137 Å². The number of rotatable bonds is 3. The van der Waals surface area contributed by atoms with Crippen molar-refractivity contribution in [2.75, 3.05) is 12.0 Å². The fraction of sp³-hybridized carbons (Fsp3) is 0.200. The third-order valence-corrected chi connectivity index (χ3v) is 7.37. The van der Waals surface area contributed by atoms with Crippen LogP contribution in [-0.4, -0.2) is 18.0 Å². The second-order valence-corrected chi connectivity index (χ2v) is 8.21. The molecule has 23 heavy (non-hydrogen) atoms. The second kappa shape index (κ2) is 6.16. The summed E-state index contributed by atoms with van der Waals surface area (Å²) in [5, 5.41) is 0.965. The predicted octanol–water partition coefficient (Wildman–Crippen LogP) is 5.28. The molecule has 8 heteroatoms. The lowest BCUT2D eigenvalue weighted by atomic mass is 10.3. The molecule has 0 N–H and O–H groups in total. The standard InChI is InChI=1S/C15H13F4NOS2/c1-21-11-5-3-2-4-10(11)20-8-9-22-14(20)23-12(15(17,18)19)6-7-13(23)16/h2-9,14,23H,1H3. The van der Waals surface area contributed by atoms with Gasteiger partial charge < -0.3 is 9.64 Å². The molecular formula is C15H13F4NOS2. The summed E-state index contributed by atoms with van der Waals surface area (Å²) in [6, 6.07) is 7.00. The summed E-state index contributed by atoms with van der Waals surface area (Å²) < 4.78 is 58.3. The lowest BCUT2D eigenvalue weighted by Gasteiger charge is -2.34. The summed E-state index contributed by atoms with van der Waals surface area (Å²) in [4.78, 5) is 0.846. The number of methoxy groups -OCH3 is 1. The first kappa shape index (κ1) is 16.3. The Balaban J connectivity index is 1.97. The third-order valence-electron chi connectivity index (χ3n) is 3.40. The van der Waals surface area contributed by atoms with Gasteiger partial charge in [0.15, 0.2) is 0 Å². The quantitative estimate of drug-likeness (QED) is 0.580. The Morgan fingerprint density at radius 1 is 1.22 bits per heavy atom. The van der Waals surface area contributed by atoms with Crippen molar-refractivity contribution in [1.29, 1.82) is 0 Å². The van der Waals surface area contributed by atoms with E-state index in [-0.39, 0.29) is 0 Å². The minimum absolute atomic E-state index is 0.528. The van der Waals surface area contributed by atoms with E-state index < -0.39 is 31.8 Å². The van der Waals surface area contributed by atoms with Crippen LogP contribution in [0.1, 0.15) is 0 Å². The van der Waals surface area contributed by atoms with Gasteiger partial charge in [0.1, 0.15) is 15.6 Å². The van der Waals surface area contributed by atoms with Gasteiger partial charge in [-0.1, -0.05) is 23.9 Å². The van der Waals surface area contributed by atoms with Gasteiger partial charge in [0.25, 0.3) is 0 Å². The van der Waals surface area contributed by atoms with Crippen LogP contribution in [0.2, 0.25) is 0 Å². The molecule has 1 aromatic carbocycles. The minimum atomic E-state index is -4.54. The molecular weight excluding hydrogens is 350 g/mol. The van der Waals surface area contributed by atoms with E-state index in [1.54, 1.807) is 40.8 Å². The number of alkyl halides is 3. The smallest absolute Gasteiger partial charge is 0.421 e. The molecule has 2 aliphatic rings. The van der Waals surface area contributed by atoms with Crippen LogP contribution in [-0.2, 0) is 0 Å². The molecule has 2 unspecified atom stereocenters. The van der Waals surface area contributed by atoms with Crippen LogP contribution in [0.15, 0.2) is 58.1 Å². The van der Waals surface area contributed by atoms with Crippen molar-refractivity contribution in [3.8, 4) is 5.75 Å². The fourth-order valence-corrected chi connectivity index (χ4v) is 6.29. The number of thioether (sulfide) groups is 1. The molecule has 1 aromatic rings. The van der Waals surface area contributed by atoms with E-state index >= 15 is 0 Å². The SMILES string of the molecule is COc1ccccc1N1C=CSC1[SH]1C(F)=CC=C1C(F)(F)F. The number of benzene rings is 1. The van der Waals surface area contributed by atoms with Crippen molar-refractivity contribution in [2.24, 2.45) is 0 Å². The van der Waals surface area contributed by atoms with Crippen molar-refractivity contribution in [3.05, 3.63) is 58.1 Å². The first-order chi connectivity index (χ1) is 10.9. The van der Waals surface area contributed by atoms with Gasteiger partial charge in [-0.25, -0.2) is 4.39 Å². The van der Waals surface area contributed by atoms with E-state index in [0.717, 1.165) is 12.2 Å². The molecule has 0 saturated carbocycles. The molecule has 2 heterocycles. The summed E-state index contributed by atoms with van der Waals surface area (Å²) in [7, 11) is -0.649. The number of thiol groups is 1. The summed E-state index contributed by atoms with van der Waals surface area (Å²) in [6.45, 7) is 0. The molecule has 2 nitrogen and oxygen atoms in total. The van der Waals surface area contributed by atoms with E-state index in [0.29, 0.717) is 11.4 Å². The highest BCUT2D eigenvalue weighted by atomic mass is 32.2. The van der Waals surface area contributed by atoms with Gasteiger partial charge in [-0.2, -0.15) is 13.2 Å². The van der Waals surface area contributed by atoms with E-state index in [2.05, 4.69) is 0 Å². The van der Waals surface area contributed by atoms with Gasteiger partial charge in [0.2, 0.25) is 0 Å². The highest BCUT2D eigenvalue weighted by Crippen LogP contribution is 2.62. The molecule has 124 valence electrons. The zero-order valence-electron chi connectivity index (χ0n) is 11.9. The van der Waals surface area contributed by atoms with Gasteiger partial charge in [0, 0.05) is 6.20 Å². The van der Waals surface area contributed by atoms with Crippen LogP contribution in [0, 0.1) is 0 Å². The Bertz CT molecular complexity index is 699. The molecule has 2 atom stereocenters. The Morgan fingerprint density at radius 3 is 2.65 bits per heavy atom. The Kier molecular flexibility index (Phi) is 4.37. The van der Waals surface area contributed by atoms with Crippen LogP contribution >= 0.6 is 22.7 Å². The molecule has 0 saturated heterocycles. The van der Waals surface area contributed by atoms with Gasteiger partial charge in [0.05, 0.1) is 17.7 Å². The number of hydrogen-bond donors (Lipinski definition) is 1. The highest BCUT2D eigenvalue weighted by molar-refractivity contribution is 8.33. The van der Waals surface area contributed by atoms with Crippen molar-refractivity contribution >= 4 is 28.3 Å². The summed E-state index contributed by atoms with van der Waals surface area (Å²) >= 11 is 1.18. The zero-order chi connectivity index (χ0) is 16.6. The highest BCUT2D eigenvalue weighted by Gasteiger charge is 2.46. The van der Waals surface area contributed by atoms with Gasteiger partial charge in [-0.3, -0.25) is 0 Å². The minimum Gasteiger partial charge on any atom is -0.495 e. The van der Waals surface area contributed by atoms with E-state index in [9.17, 15) is 17.6 Å². The van der Waals surface area contributed by atoms with Gasteiger partial charge in [-0.05, 0) is 29.7 Å². The summed E-state index contributed by atoms with van der Waals surface area (Å²) in [5.41, 5.74) is 0.616. The molecule has 3 rings (SSSR count). The van der Waals surface area contributed by atoms with Crippen molar-refractivity contribution < 1.29 is 22.3 Å². The number of para-hydroxylation sites is 2. The molecule has 0 radical (unpaired) electrons. The van der Waals surface area contributed by atoms with E-state index in [1.807, 2.05) is 0 Å².